The Morgan fingerprint density at radius 3 is 2.44 bits per heavy atom. The molecule has 0 unspecified atom stereocenters. The predicted octanol–water partition coefficient (Wildman–Crippen LogP) is 5.43. The average molecular weight is 599 g/mol. The summed E-state index contributed by atoms with van der Waals surface area (Å²) in [6.45, 7) is 3.56. The summed E-state index contributed by atoms with van der Waals surface area (Å²) < 4.78 is 46.7. The van der Waals surface area contributed by atoms with Gasteiger partial charge in [-0.1, -0.05) is 6.07 Å². The van der Waals surface area contributed by atoms with Gasteiger partial charge in [0.15, 0.2) is 0 Å². The molecule has 3 fully saturated rings. The second-order valence-electron chi connectivity index (χ2n) is 12.2. The highest BCUT2D eigenvalue weighted by molar-refractivity contribution is 6.05. The highest BCUT2D eigenvalue weighted by Gasteiger charge is 2.40. The molecule has 1 aromatic carbocycles. The molecule has 2 N–H and O–H groups in total. The number of ether oxygens (including phenoxy) is 1. The summed E-state index contributed by atoms with van der Waals surface area (Å²) in [7, 11) is 1.46. The second-order valence-corrected chi connectivity index (χ2v) is 12.2. The zero-order valence-electron chi connectivity index (χ0n) is 24.3. The summed E-state index contributed by atoms with van der Waals surface area (Å²) in [6, 6.07) is 6.90. The van der Waals surface area contributed by atoms with Crippen molar-refractivity contribution in [2.24, 2.45) is 11.3 Å². The molecule has 2 saturated heterocycles. The first-order valence-corrected chi connectivity index (χ1v) is 15.1. The molecule has 1 spiro atoms. The van der Waals surface area contributed by atoms with Gasteiger partial charge in [-0.2, -0.15) is 18.3 Å². The van der Waals surface area contributed by atoms with E-state index in [2.05, 4.69) is 20.5 Å². The normalized spacial score (nSPS) is 20.0. The number of alkyl halides is 3. The van der Waals surface area contributed by atoms with Gasteiger partial charge < -0.3 is 20.3 Å². The molecule has 0 radical (unpaired) electrons. The van der Waals surface area contributed by atoms with Crippen molar-refractivity contribution < 1.29 is 27.5 Å². The number of rotatable bonds is 5. The quantitative estimate of drug-likeness (QED) is 0.406. The topological polar surface area (TPSA) is 101 Å². The van der Waals surface area contributed by atoms with Crippen LogP contribution in [0.15, 0.2) is 36.5 Å². The van der Waals surface area contributed by atoms with Gasteiger partial charge in [-0.3, -0.25) is 14.3 Å². The van der Waals surface area contributed by atoms with Crippen LogP contribution < -0.4 is 15.4 Å². The molecule has 4 heterocycles. The number of aromatic nitrogens is 3. The first kappa shape index (κ1) is 29.4. The fourth-order valence-corrected chi connectivity index (χ4v) is 6.94. The number of methoxy groups -OCH3 is 1. The largest absolute Gasteiger partial charge is 0.494 e. The van der Waals surface area contributed by atoms with Crippen LogP contribution in [-0.2, 0) is 11.0 Å². The molecule has 2 aliphatic heterocycles. The number of amides is 2. The van der Waals surface area contributed by atoms with Gasteiger partial charge in [0.2, 0.25) is 5.91 Å². The van der Waals surface area contributed by atoms with Crippen LogP contribution in [-0.4, -0.2) is 64.8 Å². The van der Waals surface area contributed by atoms with Crippen LogP contribution in [0.5, 0.6) is 5.75 Å². The maximum absolute atomic E-state index is 13.1. The molecular weight excluding hydrogens is 561 g/mol. The van der Waals surface area contributed by atoms with Crippen LogP contribution in [0.2, 0.25) is 0 Å². The van der Waals surface area contributed by atoms with Gasteiger partial charge in [0.1, 0.15) is 17.1 Å². The number of fused-ring (bicyclic) bond motifs is 1. The van der Waals surface area contributed by atoms with Gasteiger partial charge in [0.05, 0.1) is 24.4 Å². The number of carbonyl (C=O) groups excluding carboxylic acids is 2. The first-order valence-electron chi connectivity index (χ1n) is 15.1. The lowest BCUT2D eigenvalue weighted by Gasteiger charge is -2.46. The molecule has 230 valence electrons. The van der Waals surface area contributed by atoms with E-state index in [1.54, 1.807) is 12.1 Å². The fraction of sp³-hybridized carbons (Fsp3) is 0.548. The van der Waals surface area contributed by atoms with Gasteiger partial charge in [-0.05, 0) is 88.1 Å². The van der Waals surface area contributed by atoms with Crippen molar-refractivity contribution in [2.75, 3.05) is 38.6 Å². The molecule has 43 heavy (non-hydrogen) atoms. The lowest BCUT2D eigenvalue weighted by atomic mass is 9.67. The Balaban J connectivity index is 1.10. The zero-order valence-corrected chi connectivity index (χ0v) is 24.3. The molecule has 1 aliphatic carbocycles. The standard InChI is InChI=1S/C31H37F3N6O3/c1-43-26-18-24-21(17-25(26)37-28(41)23-3-2-4-27(36-23)31(32,33)34)19-40(38-24)22-5-9-30(10-6-22)11-15-39(16-12-30)29(42)20-7-13-35-14-8-20/h2-4,17-20,22,35H,5-16H2,1H3,(H,37,41). The number of carbonyl (C=O) groups is 2. The molecule has 9 nitrogen and oxygen atoms in total. The number of likely N-dealkylation sites (tertiary alicyclic amines) is 1. The van der Waals surface area contributed by atoms with Crippen molar-refractivity contribution >= 4 is 28.4 Å². The van der Waals surface area contributed by atoms with E-state index < -0.39 is 17.8 Å². The van der Waals surface area contributed by atoms with E-state index in [0.29, 0.717) is 22.9 Å². The number of hydrogen-bond acceptors (Lipinski definition) is 6. The van der Waals surface area contributed by atoms with E-state index in [0.717, 1.165) is 95.1 Å². The van der Waals surface area contributed by atoms with Gasteiger partial charge >= 0.3 is 6.18 Å². The second kappa shape index (κ2) is 11.8. The molecule has 2 aromatic heterocycles. The number of hydrogen-bond donors (Lipinski definition) is 2. The molecule has 6 rings (SSSR count). The summed E-state index contributed by atoms with van der Waals surface area (Å²) in [5, 5.41) is 11.6. The minimum atomic E-state index is -4.65. The Bertz CT molecular complexity index is 1480. The summed E-state index contributed by atoms with van der Waals surface area (Å²) in [5.74, 6) is 0.0960. The third-order valence-corrected chi connectivity index (χ3v) is 9.58. The molecule has 0 atom stereocenters. The van der Waals surface area contributed by atoms with Crippen LogP contribution in [0.25, 0.3) is 10.9 Å². The SMILES string of the molecule is COc1cc2nn(C3CCC4(CC3)CCN(C(=O)C3CCNCC3)CC4)cc2cc1NC(=O)c1cccc(C(F)(F)F)n1. The van der Waals surface area contributed by atoms with Gasteiger partial charge in [0, 0.05) is 36.7 Å². The third kappa shape index (κ3) is 6.20. The number of halogens is 3. The lowest BCUT2D eigenvalue weighted by Crippen LogP contribution is -2.48. The Kier molecular flexibility index (Phi) is 8.06. The predicted molar refractivity (Wildman–Crippen MR) is 155 cm³/mol. The molecule has 0 bridgehead atoms. The fourth-order valence-electron chi connectivity index (χ4n) is 6.94. The summed E-state index contributed by atoms with van der Waals surface area (Å²) in [5.41, 5.74) is -0.157. The molecule has 3 aliphatic rings. The van der Waals surface area contributed by atoms with E-state index in [4.69, 9.17) is 9.84 Å². The van der Waals surface area contributed by atoms with Gasteiger partial charge in [-0.15, -0.1) is 0 Å². The highest BCUT2D eigenvalue weighted by Crippen LogP contribution is 2.48. The van der Waals surface area contributed by atoms with E-state index >= 15 is 0 Å². The number of anilines is 1. The van der Waals surface area contributed by atoms with E-state index in [-0.39, 0.29) is 23.1 Å². The van der Waals surface area contributed by atoms with Crippen LogP contribution in [0.1, 0.15) is 73.6 Å². The van der Waals surface area contributed by atoms with Crippen LogP contribution in [0.4, 0.5) is 18.9 Å². The lowest BCUT2D eigenvalue weighted by molar-refractivity contribution is -0.141. The minimum absolute atomic E-state index is 0.171. The number of pyridine rings is 1. The van der Waals surface area contributed by atoms with Crippen LogP contribution >= 0.6 is 0 Å². The van der Waals surface area contributed by atoms with E-state index in [9.17, 15) is 22.8 Å². The molecule has 12 heteroatoms. The molecule has 1 saturated carbocycles. The monoisotopic (exact) mass is 598 g/mol. The Hall–Kier alpha value is -3.67. The van der Waals surface area contributed by atoms with Crippen molar-refractivity contribution in [1.29, 1.82) is 0 Å². The number of benzene rings is 1. The van der Waals surface area contributed by atoms with E-state index in [1.165, 1.54) is 13.2 Å². The third-order valence-electron chi connectivity index (χ3n) is 9.58. The number of nitrogens with one attached hydrogen (secondary N) is 2. The molecule has 3 aromatic rings. The van der Waals surface area contributed by atoms with Crippen molar-refractivity contribution in [1.82, 2.24) is 25.0 Å². The first-order chi connectivity index (χ1) is 20.6. The summed E-state index contributed by atoms with van der Waals surface area (Å²) in [4.78, 5) is 31.4. The Labute approximate surface area is 248 Å². The van der Waals surface area contributed by atoms with Gasteiger partial charge in [-0.25, -0.2) is 4.98 Å². The maximum Gasteiger partial charge on any atom is 0.433 e. The Morgan fingerprint density at radius 1 is 1.05 bits per heavy atom. The number of nitrogens with zero attached hydrogens (tertiary/aromatic N) is 4. The average Bonchev–Trinajstić information content (AvgIpc) is 3.44. The van der Waals surface area contributed by atoms with Crippen molar-refractivity contribution in [3.8, 4) is 5.75 Å². The maximum atomic E-state index is 13.1. The summed E-state index contributed by atoms with van der Waals surface area (Å²) in [6.07, 6.45) is 5.47. The van der Waals surface area contributed by atoms with Crippen molar-refractivity contribution in [2.45, 2.75) is 63.6 Å². The van der Waals surface area contributed by atoms with Crippen molar-refractivity contribution in [3.05, 3.63) is 47.9 Å². The molecular formula is C31H37F3N6O3. The van der Waals surface area contributed by atoms with Crippen LogP contribution in [0, 0.1) is 11.3 Å². The highest BCUT2D eigenvalue weighted by atomic mass is 19.4. The van der Waals surface area contributed by atoms with E-state index in [1.807, 2.05) is 10.9 Å². The smallest absolute Gasteiger partial charge is 0.433 e. The Morgan fingerprint density at radius 2 is 1.77 bits per heavy atom. The minimum Gasteiger partial charge on any atom is -0.494 e. The van der Waals surface area contributed by atoms with Crippen LogP contribution in [0.3, 0.4) is 0 Å². The van der Waals surface area contributed by atoms with Gasteiger partial charge in [0.25, 0.3) is 5.91 Å². The molecule has 2 amide bonds. The van der Waals surface area contributed by atoms with Crippen molar-refractivity contribution in [3.63, 3.8) is 0 Å². The zero-order chi connectivity index (χ0) is 30.2. The summed E-state index contributed by atoms with van der Waals surface area (Å²) >= 11 is 0. The number of piperidine rings is 2.